The second kappa shape index (κ2) is 6.48. The molecule has 0 radical (unpaired) electrons. The van der Waals surface area contributed by atoms with Gasteiger partial charge in [-0.15, -0.1) is 0 Å². The van der Waals surface area contributed by atoms with Gasteiger partial charge in [0.1, 0.15) is 17.4 Å². The first kappa shape index (κ1) is 17.1. The van der Waals surface area contributed by atoms with Gasteiger partial charge in [0.15, 0.2) is 0 Å². The standard InChI is InChI=1S/C17H24N2O4/c1-11(18-16(22)23-17(2,3)4)15(21)19-8-7-12-5-6-14(20)9-13(12)10-19/h5-6,9,11,20H,7-8,10H2,1-4H3,(H,18,22)/t11-/m1/s1. The van der Waals surface area contributed by atoms with E-state index in [1.54, 1.807) is 44.7 Å². The molecule has 1 aliphatic rings. The van der Waals surface area contributed by atoms with E-state index in [0.29, 0.717) is 13.1 Å². The lowest BCUT2D eigenvalue weighted by molar-refractivity contribution is -0.134. The molecule has 0 spiro atoms. The van der Waals surface area contributed by atoms with Crippen LogP contribution in [0.15, 0.2) is 18.2 Å². The van der Waals surface area contributed by atoms with Crippen LogP contribution < -0.4 is 5.32 Å². The molecule has 2 N–H and O–H groups in total. The minimum atomic E-state index is -0.663. The molecule has 0 fully saturated rings. The normalized spacial score (nSPS) is 15.6. The molecule has 1 aromatic rings. The SMILES string of the molecule is C[C@@H](NC(=O)OC(C)(C)C)C(=O)N1CCc2ccc(O)cc2C1. The number of hydrogen-bond acceptors (Lipinski definition) is 4. The molecule has 2 amide bonds. The van der Waals surface area contributed by atoms with E-state index in [-0.39, 0.29) is 11.7 Å². The first-order valence-electron chi connectivity index (χ1n) is 7.75. The smallest absolute Gasteiger partial charge is 0.408 e. The molecule has 0 unspecified atom stereocenters. The molecule has 1 atom stereocenters. The van der Waals surface area contributed by atoms with Gasteiger partial charge in [-0.05, 0) is 57.4 Å². The maximum Gasteiger partial charge on any atom is 0.408 e. The minimum Gasteiger partial charge on any atom is -0.508 e. The van der Waals surface area contributed by atoms with Crippen molar-refractivity contribution >= 4 is 12.0 Å². The van der Waals surface area contributed by atoms with E-state index in [4.69, 9.17) is 4.74 Å². The number of phenols is 1. The van der Waals surface area contributed by atoms with E-state index in [1.165, 1.54) is 0 Å². The number of rotatable bonds is 2. The Bertz CT molecular complexity index is 607. The molecule has 0 aliphatic carbocycles. The van der Waals surface area contributed by atoms with Gasteiger partial charge in [0, 0.05) is 13.1 Å². The van der Waals surface area contributed by atoms with Crippen LogP contribution in [0.5, 0.6) is 5.75 Å². The summed E-state index contributed by atoms with van der Waals surface area (Å²) in [4.78, 5) is 25.9. The summed E-state index contributed by atoms with van der Waals surface area (Å²) in [5, 5.41) is 12.1. The molecule has 23 heavy (non-hydrogen) atoms. The number of fused-ring (bicyclic) bond motifs is 1. The van der Waals surface area contributed by atoms with E-state index < -0.39 is 17.7 Å². The Morgan fingerprint density at radius 2 is 2.00 bits per heavy atom. The molecule has 0 saturated carbocycles. The monoisotopic (exact) mass is 320 g/mol. The summed E-state index contributed by atoms with van der Waals surface area (Å²) in [5.74, 6) is 0.0304. The summed E-state index contributed by atoms with van der Waals surface area (Å²) in [6, 6.07) is 4.56. The Kier molecular flexibility index (Phi) is 4.82. The summed E-state index contributed by atoms with van der Waals surface area (Å²) in [7, 11) is 0. The fourth-order valence-electron chi connectivity index (χ4n) is 2.55. The number of alkyl carbamates (subject to hydrolysis) is 1. The number of amides is 2. The topological polar surface area (TPSA) is 78.9 Å². The summed E-state index contributed by atoms with van der Waals surface area (Å²) in [6.07, 6.45) is 0.133. The van der Waals surface area contributed by atoms with E-state index in [1.807, 2.05) is 6.07 Å². The fraction of sp³-hybridized carbons (Fsp3) is 0.529. The highest BCUT2D eigenvalue weighted by atomic mass is 16.6. The van der Waals surface area contributed by atoms with E-state index in [9.17, 15) is 14.7 Å². The molecule has 6 heteroatoms. The number of nitrogens with one attached hydrogen (secondary N) is 1. The maximum atomic E-state index is 12.5. The molecule has 1 aliphatic heterocycles. The largest absolute Gasteiger partial charge is 0.508 e. The van der Waals surface area contributed by atoms with E-state index in [2.05, 4.69) is 5.32 Å². The maximum absolute atomic E-state index is 12.5. The van der Waals surface area contributed by atoms with Crippen molar-refractivity contribution in [1.29, 1.82) is 0 Å². The third-order valence-corrected chi connectivity index (χ3v) is 3.62. The van der Waals surface area contributed by atoms with Gasteiger partial charge in [-0.1, -0.05) is 6.07 Å². The van der Waals surface area contributed by atoms with Crippen LogP contribution in [-0.2, 0) is 22.5 Å². The Morgan fingerprint density at radius 3 is 2.65 bits per heavy atom. The Hall–Kier alpha value is -2.24. The molecule has 126 valence electrons. The zero-order valence-electron chi connectivity index (χ0n) is 14.0. The van der Waals surface area contributed by atoms with Crippen molar-refractivity contribution in [2.75, 3.05) is 6.54 Å². The summed E-state index contributed by atoms with van der Waals surface area (Å²) >= 11 is 0. The molecule has 6 nitrogen and oxygen atoms in total. The summed E-state index contributed by atoms with van der Waals surface area (Å²) in [6.45, 7) is 7.98. The van der Waals surface area contributed by atoms with Gasteiger partial charge >= 0.3 is 6.09 Å². The van der Waals surface area contributed by atoms with Crippen LogP contribution in [0.3, 0.4) is 0 Å². The van der Waals surface area contributed by atoms with Crippen molar-refractivity contribution in [3.63, 3.8) is 0 Å². The highest BCUT2D eigenvalue weighted by Crippen LogP contribution is 2.23. The van der Waals surface area contributed by atoms with Crippen LogP contribution in [0.25, 0.3) is 0 Å². The Balaban J connectivity index is 1.97. The highest BCUT2D eigenvalue weighted by molar-refractivity contribution is 5.85. The molecule has 0 aromatic heterocycles. The van der Waals surface area contributed by atoms with Crippen LogP contribution in [0.1, 0.15) is 38.8 Å². The van der Waals surface area contributed by atoms with Gasteiger partial charge in [-0.25, -0.2) is 4.79 Å². The molecular weight excluding hydrogens is 296 g/mol. The van der Waals surface area contributed by atoms with Gasteiger partial charge in [-0.2, -0.15) is 0 Å². The van der Waals surface area contributed by atoms with Crippen molar-refractivity contribution in [3.8, 4) is 5.75 Å². The Morgan fingerprint density at radius 1 is 1.30 bits per heavy atom. The van der Waals surface area contributed by atoms with Crippen molar-refractivity contribution < 1.29 is 19.4 Å². The predicted octanol–water partition coefficient (Wildman–Crippen LogP) is 2.19. The quantitative estimate of drug-likeness (QED) is 0.875. The molecule has 1 heterocycles. The van der Waals surface area contributed by atoms with E-state index >= 15 is 0 Å². The highest BCUT2D eigenvalue weighted by Gasteiger charge is 2.27. The van der Waals surface area contributed by atoms with Crippen LogP contribution in [0, 0.1) is 0 Å². The summed E-state index contributed by atoms with van der Waals surface area (Å²) in [5.41, 5.74) is 1.47. The van der Waals surface area contributed by atoms with Gasteiger partial charge in [-0.3, -0.25) is 4.79 Å². The van der Waals surface area contributed by atoms with Gasteiger partial charge in [0.2, 0.25) is 5.91 Å². The number of benzene rings is 1. The predicted molar refractivity (Wildman–Crippen MR) is 86.1 cm³/mol. The first-order chi connectivity index (χ1) is 10.7. The lowest BCUT2D eigenvalue weighted by Gasteiger charge is -2.31. The minimum absolute atomic E-state index is 0.162. The van der Waals surface area contributed by atoms with Gasteiger partial charge in [0.25, 0.3) is 0 Å². The number of aromatic hydroxyl groups is 1. The zero-order chi connectivity index (χ0) is 17.2. The van der Waals surface area contributed by atoms with Crippen molar-refractivity contribution in [2.45, 2.75) is 52.3 Å². The summed E-state index contributed by atoms with van der Waals surface area (Å²) < 4.78 is 5.16. The third kappa shape index (κ3) is 4.61. The number of phenolic OH excluding ortho intramolecular Hbond substituents is 1. The molecule has 2 rings (SSSR count). The zero-order valence-corrected chi connectivity index (χ0v) is 14.0. The Labute approximate surface area is 136 Å². The van der Waals surface area contributed by atoms with Crippen LogP contribution in [0.2, 0.25) is 0 Å². The molecule has 0 saturated heterocycles. The number of nitrogens with zero attached hydrogens (tertiary/aromatic N) is 1. The van der Waals surface area contributed by atoms with E-state index in [0.717, 1.165) is 17.5 Å². The van der Waals surface area contributed by atoms with Crippen LogP contribution >= 0.6 is 0 Å². The number of hydrogen-bond donors (Lipinski definition) is 2. The van der Waals surface area contributed by atoms with Gasteiger partial charge in [0.05, 0.1) is 0 Å². The number of carbonyl (C=O) groups is 2. The second-order valence-electron chi connectivity index (χ2n) is 6.83. The lowest BCUT2D eigenvalue weighted by Crippen LogP contribution is -2.49. The average molecular weight is 320 g/mol. The first-order valence-corrected chi connectivity index (χ1v) is 7.75. The van der Waals surface area contributed by atoms with Crippen molar-refractivity contribution in [1.82, 2.24) is 10.2 Å². The fourth-order valence-corrected chi connectivity index (χ4v) is 2.55. The molecule has 1 aromatic carbocycles. The van der Waals surface area contributed by atoms with Crippen molar-refractivity contribution in [3.05, 3.63) is 29.3 Å². The number of carbonyl (C=O) groups excluding carboxylic acids is 2. The number of ether oxygens (including phenoxy) is 1. The molecule has 0 bridgehead atoms. The lowest BCUT2D eigenvalue weighted by atomic mass is 9.99. The van der Waals surface area contributed by atoms with Crippen LogP contribution in [-0.4, -0.2) is 40.2 Å². The van der Waals surface area contributed by atoms with Crippen molar-refractivity contribution in [2.24, 2.45) is 0 Å². The second-order valence-corrected chi connectivity index (χ2v) is 6.83. The molecular formula is C17H24N2O4. The average Bonchev–Trinajstić information content (AvgIpc) is 2.43. The third-order valence-electron chi connectivity index (χ3n) is 3.62. The van der Waals surface area contributed by atoms with Gasteiger partial charge < -0.3 is 20.1 Å². The van der Waals surface area contributed by atoms with Crippen LogP contribution in [0.4, 0.5) is 4.79 Å².